The Labute approximate surface area is 82.5 Å². The molecule has 0 unspecified atom stereocenters. The summed E-state index contributed by atoms with van der Waals surface area (Å²) in [6, 6.07) is 0. The Morgan fingerprint density at radius 1 is 1.38 bits per heavy atom. The van der Waals surface area contributed by atoms with Crippen molar-refractivity contribution in [1.29, 1.82) is 0 Å². The van der Waals surface area contributed by atoms with Crippen LogP contribution in [-0.2, 0) is 0 Å². The van der Waals surface area contributed by atoms with E-state index in [9.17, 15) is 0 Å². The highest BCUT2D eigenvalue weighted by Gasteiger charge is 2.42. The lowest BCUT2D eigenvalue weighted by molar-refractivity contribution is 0.210. The minimum absolute atomic E-state index is 0.505. The first-order valence-electron chi connectivity index (χ1n) is 5.54. The molecule has 0 aromatic rings. The zero-order valence-electron chi connectivity index (χ0n) is 9.34. The third-order valence-corrected chi connectivity index (χ3v) is 3.02. The Hall–Kier alpha value is -0.0800. The highest BCUT2D eigenvalue weighted by atomic mass is 15.1. The van der Waals surface area contributed by atoms with Gasteiger partial charge >= 0.3 is 0 Å². The van der Waals surface area contributed by atoms with Crippen LogP contribution in [0.5, 0.6) is 0 Å². The fourth-order valence-electron chi connectivity index (χ4n) is 1.90. The standard InChI is InChI=1S/C11H24N2/c1-4-13(7-10(2)3)9-11(8-12)5-6-11/h10H,4-9,12H2,1-3H3. The highest BCUT2D eigenvalue weighted by Crippen LogP contribution is 2.45. The van der Waals surface area contributed by atoms with Crippen molar-refractivity contribution >= 4 is 0 Å². The van der Waals surface area contributed by atoms with Crippen LogP contribution < -0.4 is 5.73 Å². The molecule has 78 valence electrons. The van der Waals surface area contributed by atoms with Crippen molar-refractivity contribution in [3.63, 3.8) is 0 Å². The molecule has 2 nitrogen and oxygen atoms in total. The van der Waals surface area contributed by atoms with Gasteiger partial charge in [0.15, 0.2) is 0 Å². The van der Waals surface area contributed by atoms with Gasteiger partial charge in [0.25, 0.3) is 0 Å². The molecule has 1 rings (SSSR count). The molecule has 0 aliphatic heterocycles. The molecule has 2 N–H and O–H groups in total. The maximum Gasteiger partial charge on any atom is 0.00501 e. The summed E-state index contributed by atoms with van der Waals surface area (Å²) in [7, 11) is 0. The third kappa shape index (κ3) is 3.28. The molecule has 2 heteroatoms. The van der Waals surface area contributed by atoms with Gasteiger partial charge in [-0.3, -0.25) is 0 Å². The second-order valence-electron chi connectivity index (χ2n) is 4.93. The van der Waals surface area contributed by atoms with E-state index in [-0.39, 0.29) is 0 Å². The molecule has 0 aromatic carbocycles. The molecule has 1 fully saturated rings. The summed E-state index contributed by atoms with van der Waals surface area (Å²) in [5.41, 5.74) is 6.28. The zero-order chi connectivity index (χ0) is 9.90. The van der Waals surface area contributed by atoms with Crippen LogP contribution in [0.15, 0.2) is 0 Å². The van der Waals surface area contributed by atoms with Gasteiger partial charge in [-0.25, -0.2) is 0 Å². The van der Waals surface area contributed by atoms with Crippen molar-refractivity contribution in [3.8, 4) is 0 Å². The quantitative estimate of drug-likeness (QED) is 0.681. The van der Waals surface area contributed by atoms with Crippen molar-refractivity contribution in [2.75, 3.05) is 26.2 Å². The summed E-state index contributed by atoms with van der Waals surface area (Å²) in [6.07, 6.45) is 2.69. The van der Waals surface area contributed by atoms with E-state index in [2.05, 4.69) is 25.7 Å². The average Bonchev–Trinajstić information content (AvgIpc) is 2.84. The van der Waals surface area contributed by atoms with Crippen LogP contribution in [0.3, 0.4) is 0 Å². The minimum atomic E-state index is 0.505. The number of nitrogens with two attached hydrogens (primary N) is 1. The van der Waals surface area contributed by atoms with Crippen LogP contribution in [0.1, 0.15) is 33.6 Å². The molecule has 1 aliphatic carbocycles. The molecule has 0 spiro atoms. The van der Waals surface area contributed by atoms with E-state index in [1.165, 1.54) is 32.5 Å². The van der Waals surface area contributed by atoms with Crippen molar-refractivity contribution in [3.05, 3.63) is 0 Å². The normalized spacial score (nSPS) is 19.8. The largest absolute Gasteiger partial charge is 0.330 e. The van der Waals surface area contributed by atoms with Gasteiger partial charge in [0.1, 0.15) is 0 Å². The Morgan fingerprint density at radius 3 is 2.31 bits per heavy atom. The van der Waals surface area contributed by atoms with Crippen molar-refractivity contribution in [1.82, 2.24) is 4.90 Å². The van der Waals surface area contributed by atoms with E-state index < -0.39 is 0 Å². The van der Waals surface area contributed by atoms with Gasteiger partial charge < -0.3 is 10.6 Å². The van der Waals surface area contributed by atoms with Gasteiger partial charge in [-0.2, -0.15) is 0 Å². The molecule has 0 amide bonds. The fourth-order valence-corrected chi connectivity index (χ4v) is 1.90. The molecule has 0 bridgehead atoms. The summed E-state index contributed by atoms with van der Waals surface area (Å²) in [6.45, 7) is 11.3. The van der Waals surface area contributed by atoms with E-state index >= 15 is 0 Å². The smallest absolute Gasteiger partial charge is 0.00501 e. The van der Waals surface area contributed by atoms with Crippen LogP contribution in [0.25, 0.3) is 0 Å². The summed E-state index contributed by atoms with van der Waals surface area (Å²) in [5.74, 6) is 0.772. The predicted molar refractivity (Wildman–Crippen MR) is 57.7 cm³/mol. The first-order valence-corrected chi connectivity index (χ1v) is 5.54. The first kappa shape index (κ1) is 11.0. The third-order valence-electron chi connectivity index (χ3n) is 3.02. The van der Waals surface area contributed by atoms with E-state index in [1.807, 2.05) is 0 Å². The van der Waals surface area contributed by atoms with Crippen LogP contribution in [-0.4, -0.2) is 31.1 Å². The van der Waals surface area contributed by atoms with E-state index in [4.69, 9.17) is 5.73 Å². The highest BCUT2D eigenvalue weighted by molar-refractivity contribution is 4.96. The van der Waals surface area contributed by atoms with Crippen molar-refractivity contribution in [2.24, 2.45) is 17.1 Å². The lowest BCUT2D eigenvalue weighted by Crippen LogP contribution is -2.36. The summed E-state index contributed by atoms with van der Waals surface area (Å²) >= 11 is 0. The van der Waals surface area contributed by atoms with E-state index in [1.54, 1.807) is 0 Å². The number of hydrogen-bond acceptors (Lipinski definition) is 2. The second kappa shape index (κ2) is 4.43. The molecule has 0 atom stereocenters. The number of nitrogens with zero attached hydrogens (tertiary/aromatic N) is 1. The Kier molecular flexibility index (Phi) is 3.74. The Morgan fingerprint density at radius 2 is 2.00 bits per heavy atom. The maximum atomic E-state index is 5.78. The molecular formula is C11H24N2. The SMILES string of the molecule is CCN(CC(C)C)CC1(CN)CC1. The second-order valence-corrected chi connectivity index (χ2v) is 4.93. The fraction of sp³-hybridized carbons (Fsp3) is 1.00. The zero-order valence-corrected chi connectivity index (χ0v) is 9.34. The van der Waals surface area contributed by atoms with Crippen LogP contribution in [0.2, 0.25) is 0 Å². The van der Waals surface area contributed by atoms with Crippen LogP contribution in [0, 0.1) is 11.3 Å². The molecule has 0 aromatic heterocycles. The summed E-state index contributed by atoms with van der Waals surface area (Å²) in [5, 5.41) is 0. The maximum absolute atomic E-state index is 5.78. The van der Waals surface area contributed by atoms with Gasteiger partial charge in [-0.1, -0.05) is 20.8 Å². The monoisotopic (exact) mass is 184 g/mol. The number of rotatable bonds is 6. The van der Waals surface area contributed by atoms with Crippen molar-refractivity contribution in [2.45, 2.75) is 33.6 Å². The van der Waals surface area contributed by atoms with Crippen LogP contribution >= 0.6 is 0 Å². The Bertz CT molecular complexity index is 150. The summed E-state index contributed by atoms with van der Waals surface area (Å²) < 4.78 is 0. The van der Waals surface area contributed by atoms with Crippen molar-refractivity contribution < 1.29 is 0 Å². The molecule has 0 radical (unpaired) electrons. The molecule has 1 saturated carbocycles. The van der Waals surface area contributed by atoms with Crippen LogP contribution in [0.4, 0.5) is 0 Å². The Balaban J connectivity index is 2.31. The summed E-state index contributed by atoms with van der Waals surface area (Å²) in [4.78, 5) is 2.55. The molecule has 13 heavy (non-hydrogen) atoms. The van der Waals surface area contributed by atoms with Gasteiger partial charge in [0, 0.05) is 13.1 Å². The van der Waals surface area contributed by atoms with E-state index in [0.717, 1.165) is 12.5 Å². The molecule has 1 aliphatic rings. The minimum Gasteiger partial charge on any atom is -0.330 e. The van der Waals surface area contributed by atoms with Gasteiger partial charge in [0.2, 0.25) is 0 Å². The lowest BCUT2D eigenvalue weighted by Gasteiger charge is -2.26. The molecular weight excluding hydrogens is 160 g/mol. The van der Waals surface area contributed by atoms with Gasteiger partial charge in [-0.15, -0.1) is 0 Å². The lowest BCUT2D eigenvalue weighted by atomic mass is 10.1. The molecule has 0 heterocycles. The average molecular weight is 184 g/mol. The first-order chi connectivity index (χ1) is 6.12. The van der Waals surface area contributed by atoms with E-state index in [0.29, 0.717) is 5.41 Å². The van der Waals surface area contributed by atoms with Gasteiger partial charge in [-0.05, 0) is 37.3 Å². The number of hydrogen-bond donors (Lipinski definition) is 1. The van der Waals surface area contributed by atoms with Gasteiger partial charge in [0.05, 0.1) is 0 Å². The predicted octanol–water partition coefficient (Wildman–Crippen LogP) is 1.70. The topological polar surface area (TPSA) is 29.3 Å². The molecule has 0 saturated heterocycles.